The highest BCUT2D eigenvalue weighted by atomic mass is 19.3. The number of hydrogen-bond donors (Lipinski definition) is 3. The van der Waals surface area contributed by atoms with E-state index in [9.17, 15) is 23.5 Å². The molecule has 0 saturated heterocycles. The van der Waals surface area contributed by atoms with Gasteiger partial charge in [0.1, 0.15) is 0 Å². The molecule has 0 radical (unpaired) electrons. The molecule has 0 bridgehead atoms. The number of carbonyl (C=O) groups is 2. The third kappa shape index (κ3) is 5.43. The number of nitrogens with zero attached hydrogens (tertiary/aromatic N) is 3. The Hall–Kier alpha value is -3.24. The first kappa shape index (κ1) is 21.5. The average molecular weight is 423 g/mol. The lowest BCUT2D eigenvalue weighted by atomic mass is 10.0. The molecule has 2 amide bonds. The van der Waals surface area contributed by atoms with Gasteiger partial charge >= 0.3 is 6.09 Å². The van der Waals surface area contributed by atoms with Crippen molar-refractivity contribution in [3.8, 4) is 5.88 Å². The Labute approximate surface area is 171 Å². The number of halogens is 2. The predicted molar refractivity (Wildman–Crippen MR) is 103 cm³/mol. The normalized spacial score (nSPS) is 18.4. The first-order valence-electron chi connectivity index (χ1n) is 9.47. The molecule has 0 aliphatic heterocycles. The summed E-state index contributed by atoms with van der Waals surface area (Å²) >= 11 is 0. The van der Waals surface area contributed by atoms with Gasteiger partial charge in [-0.05, 0) is 24.8 Å². The minimum Gasteiger partial charge on any atom is -0.481 e. The van der Waals surface area contributed by atoms with Gasteiger partial charge in [-0.15, -0.1) is 0 Å². The smallest absolute Gasteiger partial charge is 0.407 e. The van der Waals surface area contributed by atoms with E-state index in [1.165, 1.54) is 7.11 Å². The summed E-state index contributed by atoms with van der Waals surface area (Å²) in [5, 5.41) is 18.8. The number of pyridine rings is 1. The molecule has 2 aromatic rings. The lowest BCUT2D eigenvalue weighted by Gasteiger charge is -2.25. The van der Waals surface area contributed by atoms with E-state index < -0.39 is 25.1 Å². The molecule has 0 aromatic carbocycles. The van der Waals surface area contributed by atoms with Crippen LogP contribution in [0.15, 0.2) is 24.4 Å². The Balaban J connectivity index is 1.55. The van der Waals surface area contributed by atoms with E-state index in [4.69, 9.17) is 4.74 Å². The van der Waals surface area contributed by atoms with Crippen molar-refractivity contribution in [1.29, 1.82) is 0 Å². The lowest BCUT2D eigenvalue weighted by molar-refractivity contribution is -0.115. The Morgan fingerprint density at radius 1 is 1.40 bits per heavy atom. The van der Waals surface area contributed by atoms with E-state index in [-0.39, 0.29) is 18.2 Å². The summed E-state index contributed by atoms with van der Waals surface area (Å²) in [5.41, 5.74) is 1.46. The van der Waals surface area contributed by atoms with Crippen molar-refractivity contribution in [1.82, 2.24) is 20.1 Å². The second kappa shape index (κ2) is 9.51. The summed E-state index contributed by atoms with van der Waals surface area (Å²) in [6, 6.07) is 4.63. The standard InChI is InChI=1S/C19H23F2N5O4/c1-30-18-5-2-11(9-22-18)6-17(27)23-16-8-14(24-25-16)12-3-4-13(7-12)26(19(28)29)10-15(20)21/h2,5,8-9,12-13,15H,3-4,6-7,10H2,1H3,(H,28,29)(H2,23,24,25,27)/t12-,13+/m0/s1. The highest BCUT2D eigenvalue weighted by molar-refractivity contribution is 5.91. The quantitative estimate of drug-likeness (QED) is 0.600. The van der Waals surface area contributed by atoms with Gasteiger partial charge in [-0.2, -0.15) is 5.10 Å². The topological polar surface area (TPSA) is 120 Å². The molecule has 11 heteroatoms. The van der Waals surface area contributed by atoms with Crippen LogP contribution in [0.5, 0.6) is 5.88 Å². The van der Waals surface area contributed by atoms with Gasteiger partial charge in [0.05, 0.1) is 20.1 Å². The number of rotatable bonds is 8. The van der Waals surface area contributed by atoms with E-state index in [2.05, 4.69) is 20.5 Å². The second-order valence-electron chi connectivity index (χ2n) is 7.13. The number of H-pyrrole nitrogens is 1. The Morgan fingerprint density at radius 2 is 2.20 bits per heavy atom. The van der Waals surface area contributed by atoms with Crippen LogP contribution in [0.4, 0.5) is 19.4 Å². The van der Waals surface area contributed by atoms with E-state index in [1.54, 1.807) is 24.4 Å². The number of anilines is 1. The highest BCUT2D eigenvalue weighted by Crippen LogP contribution is 2.37. The molecule has 3 rings (SSSR count). The van der Waals surface area contributed by atoms with Gasteiger partial charge < -0.3 is 15.2 Å². The molecule has 2 atom stereocenters. The average Bonchev–Trinajstić information content (AvgIpc) is 3.36. The third-order valence-electron chi connectivity index (χ3n) is 5.10. The van der Waals surface area contributed by atoms with Gasteiger partial charge in [-0.25, -0.2) is 18.6 Å². The molecule has 2 aromatic heterocycles. The van der Waals surface area contributed by atoms with Gasteiger partial charge in [-0.1, -0.05) is 6.07 Å². The van der Waals surface area contributed by atoms with Gasteiger partial charge in [0.25, 0.3) is 6.43 Å². The van der Waals surface area contributed by atoms with Gasteiger partial charge in [-0.3, -0.25) is 14.8 Å². The van der Waals surface area contributed by atoms with Crippen LogP contribution in [0.25, 0.3) is 0 Å². The van der Waals surface area contributed by atoms with Crippen molar-refractivity contribution < 1.29 is 28.2 Å². The van der Waals surface area contributed by atoms with E-state index in [1.807, 2.05) is 0 Å². The fraction of sp³-hybridized carbons (Fsp3) is 0.474. The molecule has 1 aliphatic carbocycles. The molecule has 30 heavy (non-hydrogen) atoms. The zero-order chi connectivity index (χ0) is 21.7. The first-order valence-corrected chi connectivity index (χ1v) is 9.47. The van der Waals surface area contributed by atoms with Crippen molar-refractivity contribution in [3.63, 3.8) is 0 Å². The number of alkyl halides is 2. The van der Waals surface area contributed by atoms with Crippen molar-refractivity contribution in [2.24, 2.45) is 0 Å². The minimum absolute atomic E-state index is 0.0431. The van der Waals surface area contributed by atoms with Crippen LogP contribution in [-0.2, 0) is 11.2 Å². The zero-order valence-corrected chi connectivity index (χ0v) is 16.3. The maximum Gasteiger partial charge on any atom is 0.407 e. The van der Waals surface area contributed by atoms with Crippen molar-refractivity contribution in [2.45, 2.75) is 44.1 Å². The second-order valence-corrected chi connectivity index (χ2v) is 7.13. The summed E-state index contributed by atoms with van der Waals surface area (Å²) in [6.07, 6.45) is -0.820. The number of aromatic nitrogens is 3. The molecule has 0 unspecified atom stereocenters. The highest BCUT2D eigenvalue weighted by Gasteiger charge is 2.34. The molecule has 9 nitrogen and oxygen atoms in total. The van der Waals surface area contributed by atoms with Crippen molar-refractivity contribution in [2.75, 3.05) is 19.0 Å². The van der Waals surface area contributed by atoms with Crippen LogP contribution in [-0.4, -0.2) is 63.3 Å². The summed E-state index contributed by atoms with van der Waals surface area (Å²) in [5.74, 6) is 0.500. The summed E-state index contributed by atoms with van der Waals surface area (Å²) < 4.78 is 30.3. The summed E-state index contributed by atoms with van der Waals surface area (Å²) in [4.78, 5) is 28.4. The van der Waals surface area contributed by atoms with E-state index in [0.29, 0.717) is 31.0 Å². The largest absolute Gasteiger partial charge is 0.481 e. The zero-order valence-electron chi connectivity index (χ0n) is 16.3. The number of carbonyl (C=O) groups excluding carboxylic acids is 1. The Bertz CT molecular complexity index is 874. The number of hydrogen-bond acceptors (Lipinski definition) is 5. The van der Waals surface area contributed by atoms with Gasteiger partial charge in [0.15, 0.2) is 5.82 Å². The molecule has 1 fully saturated rings. The molecule has 1 aliphatic rings. The van der Waals surface area contributed by atoms with Crippen LogP contribution in [0, 0.1) is 0 Å². The number of amides is 2. The molecule has 2 heterocycles. The molecule has 0 spiro atoms. The molecule has 162 valence electrons. The number of methoxy groups -OCH3 is 1. The monoisotopic (exact) mass is 423 g/mol. The van der Waals surface area contributed by atoms with Gasteiger partial charge in [0, 0.05) is 36.0 Å². The summed E-state index contributed by atoms with van der Waals surface area (Å²) in [6.45, 7) is -0.794. The van der Waals surface area contributed by atoms with Crippen molar-refractivity contribution in [3.05, 3.63) is 35.7 Å². The number of ether oxygens (including phenoxy) is 1. The van der Waals surface area contributed by atoms with Crippen LogP contribution in [0.3, 0.4) is 0 Å². The molecular weight excluding hydrogens is 400 g/mol. The molecule has 1 saturated carbocycles. The Kier molecular flexibility index (Phi) is 6.80. The fourth-order valence-corrected chi connectivity index (χ4v) is 3.67. The molecule has 3 N–H and O–H groups in total. The third-order valence-corrected chi connectivity index (χ3v) is 5.10. The SMILES string of the molecule is COc1ccc(CC(=O)Nc2cc([C@H]3CC[C@@H](N(CC(F)F)C(=O)O)C3)[nH]n2)cn1. The van der Waals surface area contributed by atoms with Crippen LogP contribution in [0.1, 0.15) is 36.4 Å². The minimum atomic E-state index is -2.71. The van der Waals surface area contributed by atoms with Crippen LogP contribution < -0.4 is 10.1 Å². The summed E-state index contributed by atoms with van der Waals surface area (Å²) in [7, 11) is 1.51. The van der Waals surface area contributed by atoms with E-state index >= 15 is 0 Å². The maximum absolute atomic E-state index is 12.7. The predicted octanol–water partition coefficient (Wildman–Crippen LogP) is 2.88. The fourth-order valence-electron chi connectivity index (χ4n) is 3.67. The van der Waals surface area contributed by atoms with Crippen LogP contribution >= 0.6 is 0 Å². The number of nitrogens with one attached hydrogen (secondary N) is 2. The van der Waals surface area contributed by atoms with Gasteiger partial charge in [0.2, 0.25) is 11.8 Å². The number of aromatic amines is 1. The Morgan fingerprint density at radius 3 is 2.83 bits per heavy atom. The molecular formula is C19H23F2N5O4. The lowest BCUT2D eigenvalue weighted by Crippen LogP contribution is -2.41. The van der Waals surface area contributed by atoms with Crippen LogP contribution in [0.2, 0.25) is 0 Å². The number of carboxylic acid groups (broad SMARTS) is 1. The van der Waals surface area contributed by atoms with Crippen molar-refractivity contribution >= 4 is 17.8 Å². The maximum atomic E-state index is 12.7. The van der Waals surface area contributed by atoms with E-state index in [0.717, 1.165) is 16.2 Å². The first-order chi connectivity index (χ1) is 14.4.